The topological polar surface area (TPSA) is 81.1 Å². The maximum absolute atomic E-state index is 5.99. The van der Waals surface area contributed by atoms with Crippen LogP contribution in [0.4, 0.5) is 5.95 Å². The normalized spacial score (nSPS) is 20.8. The van der Waals surface area contributed by atoms with Crippen molar-refractivity contribution >= 4 is 11.6 Å². The molecule has 1 saturated carbocycles. The Bertz CT molecular complexity index is 892. The molecule has 0 spiro atoms. The minimum absolute atomic E-state index is 0.342. The van der Waals surface area contributed by atoms with E-state index < -0.39 is 0 Å². The molecule has 3 N–H and O–H groups in total. The van der Waals surface area contributed by atoms with Gasteiger partial charge in [-0.25, -0.2) is 15.0 Å². The number of aromatic nitrogens is 4. The number of fused-ring (bicyclic) bond motifs is 1. The molecule has 25 heavy (non-hydrogen) atoms. The van der Waals surface area contributed by atoms with E-state index in [0.29, 0.717) is 18.0 Å². The highest BCUT2D eigenvalue weighted by atomic mass is 15.1. The number of hydrogen-bond donors (Lipinski definition) is 2. The van der Waals surface area contributed by atoms with Gasteiger partial charge in [-0.15, -0.1) is 0 Å². The fourth-order valence-electron chi connectivity index (χ4n) is 3.48. The third kappa shape index (κ3) is 3.22. The fraction of sp³-hybridized carbons (Fsp3) is 0.421. The van der Waals surface area contributed by atoms with E-state index in [1.54, 1.807) is 0 Å². The number of nitrogens with two attached hydrogens (primary N) is 1. The van der Waals surface area contributed by atoms with Crippen LogP contribution >= 0.6 is 0 Å². The minimum atomic E-state index is 0.342. The van der Waals surface area contributed by atoms with Crippen LogP contribution in [-0.4, -0.2) is 31.4 Å². The Morgan fingerprint density at radius 3 is 2.68 bits per heavy atom. The van der Waals surface area contributed by atoms with Crippen LogP contribution in [0.25, 0.3) is 17.0 Å². The first-order valence-electron chi connectivity index (χ1n) is 8.90. The van der Waals surface area contributed by atoms with Crippen molar-refractivity contribution in [3.8, 4) is 11.4 Å². The molecule has 0 unspecified atom stereocenters. The lowest BCUT2D eigenvalue weighted by Crippen LogP contribution is -2.33. The summed E-state index contributed by atoms with van der Waals surface area (Å²) in [6.07, 6.45) is 10.1. The van der Waals surface area contributed by atoms with Crippen LogP contribution in [0.3, 0.4) is 0 Å². The van der Waals surface area contributed by atoms with Crippen molar-refractivity contribution in [3.05, 3.63) is 41.9 Å². The van der Waals surface area contributed by atoms with Gasteiger partial charge in [-0.2, -0.15) is 0 Å². The van der Waals surface area contributed by atoms with Crippen LogP contribution in [0.2, 0.25) is 0 Å². The van der Waals surface area contributed by atoms with E-state index in [1.165, 1.54) is 5.56 Å². The first-order chi connectivity index (χ1) is 12.1. The van der Waals surface area contributed by atoms with E-state index in [2.05, 4.69) is 38.9 Å². The highest BCUT2D eigenvalue weighted by Crippen LogP contribution is 2.25. The zero-order chi connectivity index (χ0) is 17.4. The molecule has 0 amide bonds. The van der Waals surface area contributed by atoms with Crippen LogP contribution in [0, 0.1) is 13.8 Å². The van der Waals surface area contributed by atoms with Gasteiger partial charge in [0.2, 0.25) is 5.95 Å². The lowest BCUT2D eigenvalue weighted by Gasteiger charge is -2.26. The summed E-state index contributed by atoms with van der Waals surface area (Å²) in [6, 6.07) is 4.84. The van der Waals surface area contributed by atoms with Crippen LogP contribution in [0.15, 0.2) is 30.7 Å². The Morgan fingerprint density at radius 2 is 1.88 bits per heavy atom. The van der Waals surface area contributed by atoms with E-state index in [9.17, 15) is 0 Å². The Balaban J connectivity index is 1.66. The largest absolute Gasteiger partial charge is 0.351 e. The van der Waals surface area contributed by atoms with Gasteiger partial charge in [0.05, 0.1) is 17.6 Å². The number of anilines is 1. The zero-order valence-corrected chi connectivity index (χ0v) is 14.7. The van der Waals surface area contributed by atoms with Crippen LogP contribution in [0.1, 0.15) is 36.8 Å². The molecule has 1 aliphatic carbocycles. The maximum Gasteiger partial charge on any atom is 0.223 e. The molecule has 1 fully saturated rings. The van der Waals surface area contributed by atoms with Crippen molar-refractivity contribution in [2.45, 2.75) is 51.6 Å². The van der Waals surface area contributed by atoms with E-state index in [-0.39, 0.29) is 0 Å². The van der Waals surface area contributed by atoms with Crippen molar-refractivity contribution in [1.29, 1.82) is 0 Å². The molecule has 3 aromatic heterocycles. The van der Waals surface area contributed by atoms with E-state index in [4.69, 9.17) is 10.7 Å². The highest BCUT2D eigenvalue weighted by molar-refractivity contribution is 5.64. The van der Waals surface area contributed by atoms with Crippen molar-refractivity contribution in [1.82, 2.24) is 19.4 Å². The maximum atomic E-state index is 5.99. The van der Waals surface area contributed by atoms with Gasteiger partial charge in [0.25, 0.3) is 0 Å². The monoisotopic (exact) mass is 336 g/mol. The molecule has 0 aliphatic heterocycles. The molecule has 6 nitrogen and oxygen atoms in total. The van der Waals surface area contributed by atoms with Gasteiger partial charge in [0.15, 0.2) is 0 Å². The van der Waals surface area contributed by atoms with Gasteiger partial charge >= 0.3 is 0 Å². The number of hydrogen-bond acceptors (Lipinski definition) is 5. The molecule has 6 heteroatoms. The Labute approximate surface area is 147 Å². The summed E-state index contributed by atoms with van der Waals surface area (Å²) in [6.45, 7) is 4.12. The standard InChI is InChI=1S/C19H24N6/c1-12-3-8-17-21-10-16(25(17)11-12)18-13(2)9-22-19(24-18)23-15-6-4-14(20)5-7-15/h3,8-11,14-15H,4-7,20H2,1-2H3,(H,22,23,24). The number of aryl methyl sites for hydroxylation is 2. The summed E-state index contributed by atoms with van der Waals surface area (Å²) in [7, 11) is 0. The highest BCUT2D eigenvalue weighted by Gasteiger charge is 2.20. The fourth-order valence-corrected chi connectivity index (χ4v) is 3.48. The van der Waals surface area contributed by atoms with Crippen molar-refractivity contribution in [2.24, 2.45) is 5.73 Å². The molecular weight excluding hydrogens is 312 g/mol. The van der Waals surface area contributed by atoms with Crippen LogP contribution < -0.4 is 11.1 Å². The molecule has 0 bridgehead atoms. The van der Waals surface area contributed by atoms with E-state index in [1.807, 2.05) is 25.4 Å². The second-order valence-electron chi connectivity index (χ2n) is 7.06. The minimum Gasteiger partial charge on any atom is -0.351 e. The molecule has 3 heterocycles. The van der Waals surface area contributed by atoms with Gasteiger partial charge < -0.3 is 11.1 Å². The van der Waals surface area contributed by atoms with Gasteiger partial charge in [-0.05, 0) is 56.7 Å². The molecule has 0 saturated heterocycles. The number of imidazole rings is 1. The van der Waals surface area contributed by atoms with Gasteiger partial charge in [-0.3, -0.25) is 4.40 Å². The Morgan fingerprint density at radius 1 is 1.08 bits per heavy atom. The summed E-state index contributed by atoms with van der Waals surface area (Å²) in [5.41, 5.74) is 11.1. The predicted molar refractivity (Wildman–Crippen MR) is 99.5 cm³/mol. The van der Waals surface area contributed by atoms with Gasteiger partial charge in [0, 0.05) is 24.5 Å². The summed E-state index contributed by atoms with van der Waals surface area (Å²) in [5, 5.41) is 3.48. The number of rotatable bonds is 3. The van der Waals surface area contributed by atoms with Crippen molar-refractivity contribution < 1.29 is 0 Å². The van der Waals surface area contributed by atoms with E-state index in [0.717, 1.165) is 48.3 Å². The average molecular weight is 336 g/mol. The molecule has 0 radical (unpaired) electrons. The molecule has 0 atom stereocenters. The average Bonchev–Trinajstić information content (AvgIpc) is 3.01. The molecule has 1 aliphatic rings. The van der Waals surface area contributed by atoms with Gasteiger partial charge in [0.1, 0.15) is 5.65 Å². The number of pyridine rings is 1. The summed E-state index contributed by atoms with van der Waals surface area (Å²) in [5.74, 6) is 0.684. The molecular formula is C19H24N6. The second kappa shape index (κ2) is 6.44. The SMILES string of the molecule is Cc1ccc2ncc(-c3nc(NC4CCC(N)CC4)ncc3C)n2c1. The number of nitrogens with one attached hydrogen (secondary N) is 1. The third-order valence-electron chi connectivity index (χ3n) is 4.97. The molecule has 0 aromatic carbocycles. The second-order valence-corrected chi connectivity index (χ2v) is 7.06. The van der Waals surface area contributed by atoms with E-state index >= 15 is 0 Å². The van der Waals surface area contributed by atoms with Crippen LogP contribution in [-0.2, 0) is 0 Å². The summed E-state index contributed by atoms with van der Waals surface area (Å²) >= 11 is 0. The first kappa shape index (κ1) is 16.0. The van der Waals surface area contributed by atoms with Crippen molar-refractivity contribution in [2.75, 3.05) is 5.32 Å². The molecule has 130 valence electrons. The van der Waals surface area contributed by atoms with Crippen molar-refractivity contribution in [3.63, 3.8) is 0 Å². The van der Waals surface area contributed by atoms with Crippen LogP contribution in [0.5, 0.6) is 0 Å². The lowest BCUT2D eigenvalue weighted by atomic mass is 9.92. The summed E-state index contributed by atoms with van der Waals surface area (Å²) in [4.78, 5) is 13.8. The third-order valence-corrected chi connectivity index (χ3v) is 4.97. The predicted octanol–water partition coefficient (Wildman–Crippen LogP) is 3.09. The molecule has 4 rings (SSSR count). The van der Waals surface area contributed by atoms with Gasteiger partial charge in [-0.1, -0.05) is 6.07 Å². The molecule has 3 aromatic rings. The lowest BCUT2D eigenvalue weighted by molar-refractivity contribution is 0.410. The smallest absolute Gasteiger partial charge is 0.223 e. The number of nitrogens with zero attached hydrogens (tertiary/aromatic N) is 4. The first-order valence-corrected chi connectivity index (χ1v) is 8.90. The quantitative estimate of drug-likeness (QED) is 0.768. The Kier molecular flexibility index (Phi) is 4.13. The zero-order valence-electron chi connectivity index (χ0n) is 14.7. The summed E-state index contributed by atoms with van der Waals surface area (Å²) < 4.78 is 2.09. The Hall–Kier alpha value is -2.47.